The van der Waals surface area contributed by atoms with Gasteiger partial charge in [-0.05, 0) is 70.9 Å². The fraction of sp³-hybridized carbons (Fsp3) is 0.913. The van der Waals surface area contributed by atoms with Gasteiger partial charge < -0.3 is 14.7 Å². The Kier molecular flexibility index (Phi) is 6.92. The lowest BCUT2D eigenvalue weighted by Crippen LogP contribution is -2.51. The first kappa shape index (κ1) is 20.2. The Balaban J connectivity index is 1.19. The Labute approximate surface area is 170 Å². The molecule has 0 unspecified atom stereocenters. The van der Waals surface area contributed by atoms with E-state index in [2.05, 4.69) is 14.7 Å². The molecule has 28 heavy (non-hydrogen) atoms. The molecule has 5 heteroatoms. The predicted molar refractivity (Wildman–Crippen MR) is 111 cm³/mol. The van der Waals surface area contributed by atoms with Crippen LogP contribution in [0.1, 0.15) is 77.0 Å². The lowest BCUT2D eigenvalue weighted by molar-refractivity contribution is -0.140. The molecule has 0 bridgehead atoms. The SMILES string of the molecule is O=C(C1CCN(C2CCN(C(=O)C3CCCCC3)CC2)CC1)N1CCCCC1. The third-order valence-corrected chi connectivity index (χ3v) is 7.79. The molecule has 3 aliphatic heterocycles. The van der Waals surface area contributed by atoms with E-state index >= 15 is 0 Å². The van der Waals surface area contributed by atoms with E-state index in [9.17, 15) is 9.59 Å². The van der Waals surface area contributed by atoms with Crippen molar-refractivity contribution in [1.29, 1.82) is 0 Å². The normalized spacial score (nSPS) is 27.1. The highest BCUT2D eigenvalue weighted by atomic mass is 16.2. The summed E-state index contributed by atoms with van der Waals surface area (Å²) >= 11 is 0. The van der Waals surface area contributed by atoms with Crippen LogP contribution in [0.2, 0.25) is 0 Å². The molecule has 158 valence electrons. The van der Waals surface area contributed by atoms with Crippen molar-refractivity contribution in [3.63, 3.8) is 0 Å². The van der Waals surface area contributed by atoms with Gasteiger partial charge in [-0.25, -0.2) is 0 Å². The first-order valence-electron chi connectivity index (χ1n) is 12.0. The number of hydrogen-bond acceptors (Lipinski definition) is 3. The van der Waals surface area contributed by atoms with Crippen LogP contribution in [0.15, 0.2) is 0 Å². The van der Waals surface area contributed by atoms with Gasteiger partial charge in [0.05, 0.1) is 0 Å². The maximum Gasteiger partial charge on any atom is 0.225 e. The molecule has 5 nitrogen and oxygen atoms in total. The van der Waals surface area contributed by atoms with Crippen LogP contribution in [-0.2, 0) is 9.59 Å². The minimum atomic E-state index is 0.252. The summed E-state index contributed by atoms with van der Waals surface area (Å²) < 4.78 is 0. The highest BCUT2D eigenvalue weighted by molar-refractivity contribution is 5.79. The smallest absolute Gasteiger partial charge is 0.225 e. The third-order valence-electron chi connectivity index (χ3n) is 7.79. The summed E-state index contributed by atoms with van der Waals surface area (Å²) in [5.74, 6) is 1.42. The molecule has 4 rings (SSSR count). The number of piperidine rings is 3. The van der Waals surface area contributed by atoms with E-state index in [-0.39, 0.29) is 5.92 Å². The highest BCUT2D eigenvalue weighted by Gasteiger charge is 2.34. The van der Waals surface area contributed by atoms with Gasteiger partial charge in [0.15, 0.2) is 0 Å². The van der Waals surface area contributed by atoms with Crippen molar-refractivity contribution in [2.24, 2.45) is 11.8 Å². The molecular formula is C23H39N3O2. The van der Waals surface area contributed by atoms with Crippen molar-refractivity contribution >= 4 is 11.8 Å². The summed E-state index contributed by atoms with van der Waals surface area (Å²) in [6.45, 7) is 5.95. The number of hydrogen-bond donors (Lipinski definition) is 0. The molecule has 0 atom stereocenters. The average molecular weight is 390 g/mol. The summed E-state index contributed by atoms with van der Waals surface area (Å²) in [7, 11) is 0. The summed E-state index contributed by atoms with van der Waals surface area (Å²) in [6.07, 6.45) is 13.9. The van der Waals surface area contributed by atoms with Gasteiger partial charge in [-0.1, -0.05) is 19.3 Å². The molecule has 2 amide bonds. The molecule has 0 spiro atoms. The summed E-state index contributed by atoms with van der Waals surface area (Å²) in [4.78, 5) is 32.4. The van der Waals surface area contributed by atoms with E-state index in [0.29, 0.717) is 23.8 Å². The zero-order valence-corrected chi connectivity index (χ0v) is 17.6. The maximum absolute atomic E-state index is 12.8. The molecule has 0 aromatic carbocycles. The molecule has 0 N–H and O–H groups in total. The second-order valence-corrected chi connectivity index (χ2v) is 9.59. The van der Waals surface area contributed by atoms with Gasteiger partial charge >= 0.3 is 0 Å². The van der Waals surface area contributed by atoms with Crippen molar-refractivity contribution in [3.8, 4) is 0 Å². The van der Waals surface area contributed by atoms with Gasteiger partial charge in [0.2, 0.25) is 11.8 Å². The number of rotatable bonds is 3. The van der Waals surface area contributed by atoms with Gasteiger partial charge in [-0.3, -0.25) is 9.59 Å². The van der Waals surface area contributed by atoms with Gasteiger partial charge in [-0.15, -0.1) is 0 Å². The summed E-state index contributed by atoms with van der Waals surface area (Å²) in [6, 6.07) is 0.612. The van der Waals surface area contributed by atoms with Crippen molar-refractivity contribution in [3.05, 3.63) is 0 Å². The molecule has 1 saturated carbocycles. The second-order valence-electron chi connectivity index (χ2n) is 9.59. The van der Waals surface area contributed by atoms with Crippen molar-refractivity contribution < 1.29 is 9.59 Å². The van der Waals surface area contributed by atoms with Crippen LogP contribution in [0.25, 0.3) is 0 Å². The predicted octanol–water partition coefficient (Wildman–Crippen LogP) is 3.28. The van der Waals surface area contributed by atoms with Crippen LogP contribution in [0.4, 0.5) is 0 Å². The Morgan fingerprint density at radius 3 is 1.61 bits per heavy atom. The fourth-order valence-corrected chi connectivity index (χ4v) is 5.94. The van der Waals surface area contributed by atoms with Gasteiger partial charge in [0, 0.05) is 44.1 Å². The van der Waals surface area contributed by atoms with Crippen LogP contribution in [0.5, 0.6) is 0 Å². The van der Waals surface area contributed by atoms with Crippen LogP contribution < -0.4 is 0 Å². The number of likely N-dealkylation sites (tertiary alicyclic amines) is 3. The van der Waals surface area contributed by atoms with Crippen molar-refractivity contribution in [1.82, 2.24) is 14.7 Å². The van der Waals surface area contributed by atoms with Crippen molar-refractivity contribution in [2.75, 3.05) is 39.3 Å². The van der Waals surface area contributed by atoms with Crippen molar-refractivity contribution in [2.45, 2.75) is 83.1 Å². The first-order chi connectivity index (χ1) is 13.7. The molecule has 4 fully saturated rings. The number of carbonyl (C=O) groups excluding carboxylic acids is 2. The summed E-state index contributed by atoms with van der Waals surface area (Å²) in [5, 5.41) is 0. The van der Waals surface area contributed by atoms with Gasteiger partial charge in [0.25, 0.3) is 0 Å². The largest absolute Gasteiger partial charge is 0.342 e. The monoisotopic (exact) mass is 389 g/mol. The summed E-state index contributed by atoms with van der Waals surface area (Å²) in [5.41, 5.74) is 0. The Hall–Kier alpha value is -1.10. The van der Waals surface area contributed by atoms with E-state index in [0.717, 1.165) is 77.8 Å². The van der Waals surface area contributed by atoms with Gasteiger partial charge in [-0.2, -0.15) is 0 Å². The van der Waals surface area contributed by atoms with Crippen LogP contribution >= 0.6 is 0 Å². The number of nitrogens with zero attached hydrogens (tertiary/aromatic N) is 3. The van der Waals surface area contributed by atoms with Crippen LogP contribution in [0.3, 0.4) is 0 Å². The van der Waals surface area contributed by atoms with Crippen LogP contribution in [0, 0.1) is 11.8 Å². The van der Waals surface area contributed by atoms with Gasteiger partial charge in [0.1, 0.15) is 0 Å². The average Bonchev–Trinajstić information content (AvgIpc) is 2.79. The molecule has 3 saturated heterocycles. The highest BCUT2D eigenvalue weighted by Crippen LogP contribution is 2.29. The molecule has 4 aliphatic rings. The van der Waals surface area contributed by atoms with E-state index < -0.39 is 0 Å². The third kappa shape index (κ3) is 4.72. The maximum atomic E-state index is 12.8. The molecule has 0 aromatic heterocycles. The van der Waals surface area contributed by atoms with Crippen LogP contribution in [-0.4, -0.2) is 71.8 Å². The quantitative estimate of drug-likeness (QED) is 0.744. The molecule has 3 heterocycles. The fourth-order valence-electron chi connectivity index (χ4n) is 5.94. The number of carbonyl (C=O) groups is 2. The van der Waals surface area contributed by atoms with E-state index in [1.165, 1.54) is 38.5 Å². The zero-order valence-electron chi connectivity index (χ0n) is 17.6. The Morgan fingerprint density at radius 1 is 0.500 bits per heavy atom. The Morgan fingerprint density at radius 2 is 1.00 bits per heavy atom. The lowest BCUT2D eigenvalue weighted by atomic mass is 9.87. The number of amides is 2. The lowest BCUT2D eigenvalue weighted by Gasteiger charge is -2.43. The topological polar surface area (TPSA) is 43.9 Å². The van der Waals surface area contributed by atoms with E-state index in [1.807, 2.05) is 0 Å². The standard InChI is InChI=1S/C23H39N3O2/c27-22(19-7-3-1-4-8-19)26-17-11-21(12-18-26)24-15-9-20(10-16-24)23(28)25-13-5-2-6-14-25/h19-21H,1-18H2. The van der Waals surface area contributed by atoms with E-state index in [4.69, 9.17) is 0 Å². The minimum absolute atomic E-state index is 0.252. The molecular weight excluding hydrogens is 350 g/mol. The molecule has 1 aliphatic carbocycles. The minimum Gasteiger partial charge on any atom is -0.342 e. The molecule has 0 radical (unpaired) electrons. The zero-order chi connectivity index (χ0) is 19.3. The van der Waals surface area contributed by atoms with E-state index in [1.54, 1.807) is 0 Å². The Bertz CT molecular complexity index is 476. The second kappa shape index (κ2) is 9.60. The molecule has 0 aromatic rings. The first-order valence-corrected chi connectivity index (χ1v) is 12.0.